The van der Waals surface area contributed by atoms with Gasteiger partial charge in [0.05, 0.1) is 6.10 Å². The third-order valence-electron chi connectivity index (χ3n) is 4.96. The molecule has 1 aliphatic carbocycles. The first-order valence-corrected chi connectivity index (χ1v) is 8.77. The molecule has 0 spiro atoms. The predicted octanol–water partition coefficient (Wildman–Crippen LogP) is 3.54. The molecule has 1 fully saturated rings. The molecule has 0 aromatic heterocycles. The molecule has 1 N–H and O–H groups in total. The third kappa shape index (κ3) is 5.29. The van der Waals surface area contributed by atoms with Gasteiger partial charge in [0.25, 0.3) is 0 Å². The number of carbonyl (C=O) groups excluding carboxylic acids is 2. The normalized spacial score (nSPS) is 28.0. The fraction of sp³-hybridized carbons (Fsp3) is 0.889. The number of hydrogen-bond acceptors (Lipinski definition) is 3. The Balaban J connectivity index is 2.63. The van der Waals surface area contributed by atoms with Crippen molar-refractivity contribution in [1.29, 1.82) is 0 Å². The zero-order valence-electron chi connectivity index (χ0n) is 15.0. The van der Waals surface area contributed by atoms with E-state index in [9.17, 15) is 9.59 Å². The third-order valence-corrected chi connectivity index (χ3v) is 4.96. The first-order valence-electron chi connectivity index (χ1n) is 8.77. The maximum Gasteiger partial charge on any atom is 0.328 e. The van der Waals surface area contributed by atoms with Crippen LogP contribution < -0.4 is 5.32 Å². The monoisotopic (exact) mass is 311 g/mol. The molecule has 1 saturated carbocycles. The van der Waals surface area contributed by atoms with Crippen molar-refractivity contribution in [3.63, 3.8) is 0 Å². The summed E-state index contributed by atoms with van der Waals surface area (Å²) < 4.78 is 5.29. The van der Waals surface area contributed by atoms with Crippen LogP contribution in [0.15, 0.2) is 0 Å². The van der Waals surface area contributed by atoms with Crippen molar-refractivity contribution in [1.82, 2.24) is 5.32 Å². The summed E-state index contributed by atoms with van der Waals surface area (Å²) in [6.45, 7) is 12.1. The van der Waals surface area contributed by atoms with Crippen LogP contribution in [0.1, 0.15) is 67.2 Å². The highest BCUT2D eigenvalue weighted by atomic mass is 16.5. The van der Waals surface area contributed by atoms with Crippen molar-refractivity contribution in [2.45, 2.75) is 79.4 Å². The minimum absolute atomic E-state index is 0.0128. The van der Waals surface area contributed by atoms with Crippen molar-refractivity contribution >= 4 is 11.9 Å². The van der Waals surface area contributed by atoms with Gasteiger partial charge < -0.3 is 10.1 Å². The lowest BCUT2D eigenvalue weighted by molar-refractivity contribution is -0.152. The number of ether oxygens (including phenoxy) is 1. The Morgan fingerprint density at radius 3 is 2.36 bits per heavy atom. The van der Waals surface area contributed by atoms with E-state index >= 15 is 0 Å². The Bertz CT molecular complexity index is 381. The van der Waals surface area contributed by atoms with Crippen molar-refractivity contribution in [3.05, 3.63) is 0 Å². The topological polar surface area (TPSA) is 55.4 Å². The molecule has 1 amide bonds. The molecule has 5 atom stereocenters. The highest BCUT2D eigenvalue weighted by molar-refractivity contribution is 5.85. The van der Waals surface area contributed by atoms with E-state index in [0.29, 0.717) is 17.8 Å². The fourth-order valence-electron chi connectivity index (χ4n) is 3.27. The molecular weight excluding hydrogens is 278 g/mol. The van der Waals surface area contributed by atoms with Gasteiger partial charge >= 0.3 is 5.97 Å². The number of carbonyl (C=O) groups is 2. The smallest absolute Gasteiger partial charge is 0.328 e. The van der Waals surface area contributed by atoms with Crippen molar-refractivity contribution in [2.75, 3.05) is 0 Å². The number of rotatable bonds is 6. The molecule has 0 saturated heterocycles. The second-order valence-corrected chi connectivity index (χ2v) is 7.32. The molecular formula is C18H33NO3. The van der Waals surface area contributed by atoms with Gasteiger partial charge in [-0.25, -0.2) is 4.79 Å². The summed E-state index contributed by atoms with van der Waals surface area (Å²) in [4.78, 5) is 24.6. The minimum atomic E-state index is -0.577. The zero-order valence-corrected chi connectivity index (χ0v) is 15.0. The molecule has 128 valence electrons. The van der Waals surface area contributed by atoms with E-state index in [1.54, 1.807) is 6.92 Å². The highest BCUT2D eigenvalue weighted by Gasteiger charge is 2.36. The van der Waals surface area contributed by atoms with Gasteiger partial charge in [-0.3, -0.25) is 4.79 Å². The van der Waals surface area contributed by atoms with Crippen LogP contribution in [0.2, 0.25) is 0 Å². The summed E-state index contributed by atoms with van der Waals surface area (Å²) in [5, 5.41) is 2.87. The molecule has 1 rings (SSSR count). The number of amides is 1. The number of esters is 1. The molecule has 0 bridgehead atoms. The molecule has 4 heteroatoms. The Morgan fingerprint density at radius 1 is 1.18 bits per heavy atom. The van der Waals surface area contributed by atoms with Crippen LogP contribution in [0.4, 0.5) is 0 Å². The fourth-order valence-corrected chi connectivity index (χ4v) is 3.27. The average molecular weight is 311 g/mol. The summed E-state index contributed by atoms with van der Waals surface area (Å²) in [6.07, 6.45) is 3.88. The number of nitrogens with one attached hydrogen (secondary N) is 1. The molecule has 0 radical (unpaired) electrons. The van der Waals surface area contributed by atoms with Crippen LogP contribution in [-0.2, 0) is 14.3 Å². The van der Waals surface area contributed by atoms with E-state index < -0.39 is 6.04 Å². The first-order chi connectivity index (χ1) is 10.3. The van der Waals surface area contributed by atoms with Crippen LogP contribution in [-0.4, -0.2) is 24.0 Å². The van der Waals surface area contributed by atoms with Gasteiger partial charge in [0.2, 0.25) is 5.91 Å². The van der Waals surface area contributed by atoms with E-state index in [-0.39, 0.29) is 23.9 Å². The lowest BCUT2D eigenvalue weighted by atomic mass is 9.69. The molecule has 0 aromatic carbocycles. The Hall–Kier alpha value is -1.06. The lowest BCUT2D eigenvalue weighted by Gasteiger charge is -2.36. The van der Waals surface area contributed by atoms with Crippen LogP contribution in [0.3, 0.4) is 0 Å². The maximum absolute atomic E-state index is 12.6. The zero-order chi connectivity index (χ0) is 16.9. The van der Waals surface area contributed by atoms with Gasteiger partial charge in [0.15, 0.2) is 0 Å². The SMILES string of the molecule is CCC(C)OC(=O)C(C)NC(=O)C1CC(C)CC[C@H]1C(C)C. The van der Waals surface area contributed by atoms with Gasteiger partial charge in [-0.2, -0.15) is 0 Å². The molecule has 1 aliphatic rings. The molecule has 0 heterocycles. The largest absolute Gasteiger partial charge is 0.461 e. The quantitative estimate of drug-likeness (QED) is 0.763. The number of hydrogen-bond donors (Lipinski definition) is 1. The summed E-state index contributed by atoms with van der Waals surface area (Å²) in [5.41, 5.74) is 0. The van der Waals surface area contributed by atoms with E-state index in [0.717, 1.165) is 19.3 Å². The second kappa shape index (κ2) is 8.54. The predicted molar refractivity (Wildman–Crippen MR) is 88.3 cm³/mol. The molecule has 4 nitrogen and oxygen atoms in total. The Kier molecular flexibility index (Phi) is 7.37. The van der Waals surface area contributed by atoms with Crippen molar-refractivity contribution in [3.8, 4) is 0 Å². The van der Waals surface area contributed by atoms with Crippen LogP contribution >= 0.6 is 0 Å². The van der Waals surface area contributed by atoms with E-state index in [4.69, 9.17) is 4.74 Å². The van der Waals surface area contributed by atoms with Gasteiger partial charge in [-0.05, 0) is 50.9 Å². The standard InChI is InChI=1S/C18H33NO3/c1-7-13(5)22-18(21)14(6)19-17(20)16-10-12(4)8-9-15(16)11(2)3/h11-16H,7-10H2,1-6H3,(H,19,20)/t12?,13?,14?,15-,16?/m0/s1. The Morgan fingerprint density at radius 2 is 1.82 bits per heavy atom. The second-order valence-electron chi connectivity index (χ2n) is 7.32. The van der Waals surface area contributed by atoms with Crippen molar-refractivity contribution < 1.29 is 14.3 Å². The summed E-state index contributed by atoms with van der Waals surface area (Å²) in [7, 11) is 0. The highest BCUT2D eigenvalue weighted by Crippen LogP contribution is 2.38. The van der Waals surface area contributed by atoms with Crippen LogP contribution in [0, 0.1) is 23.7 Å². The van der Waals surface area contributed by atoms with Crippen LogP contribution in [0.25, 0.3) is 0 Å². The summed E-state index contributed by atoms with van der Waals surface area (Å²) >= 11 is 0. The summed E-state index contributed by atoms with van der Waals surface area (Å²) in [5.74, 6) is 1.17. The van der Waals surface area contributed by atoms with Gasteiger partial charge in [-0.15, -0.1) is 0 Å². The molecule has 22 heavy (non-hydrogen) atoms. The van der Waals surface area contributed by atoms with E-state index in [2.05, 4.69) is 26.1 Å². The van der Waals surface area contributed by atoms with Gasteiger partial charge in [-0.1, -0.05) is 34.1 Å². The molecule has 4 unspecified atom stereocenters. The van der Waals surface area contributed by atoms with E-state index in [1.165, 1.54) is 6.42 Å². The lowest BCUT2D eigenvalue weighted by Crippen LogP contribution is -2.46. The van der Waals surface area contributed by atoms with E-state index in [1.807, 2.05) is 13.8 Å². The minimum Gasteiger partial charge on any atom is -0.461 e. The maximum atomic E-state index is 12.6. The van der Waals surface area contributed by atoms with Gasteiger partial charge in [0.1, 0.15) is 6.04 Å². The van der Waals surface area contributed by atoms with Crippen molar-refractivity contribution in [2.24, 2.45) is 23.7 Å². The Labute approximate surface area is 135 Å². The molecule has 0 aliphatic heterocycles. The average Bonchev–Trinajstić information content (AvgIpc) is 2.46. The summed E-state index contributed by atoms with van der Waals surface area (Å²) in [6, 6.07) is -0.577. The molecule has 0 aromatic rings. The van der Waals surface area contributed by atoms with Gasteiger partial charge in [0, 0.05) is 5.92 Å². The van der Waals surface area contributed by atoms with Crippen LogP contribution in [0.5, 0.6) is 0 Å². The first kappa shape index (κ1) is 19.0.